The Morgan fingerprint density at radius 1 is 1.40 bits per heavy atom. The lowest BCUT2D eigenvalue weighted by Crippen LogP contribution is -2.28. The van der Waals surface area contributed by atoms with E-state index in [9.17, 15) is 12.8 Å². The van der Waals surface area contributed by atoms with Gasteiger partial charge in [0.2, 0.25) is 0 Å². The molecule has 0 radical (unpaired) electrons. The van der Waals surface area contributed by atoms with E-state index < -0.39 is 9.84 Å². The number of sulfone groups is 1. The summed E-state index contributed by atoms with van der Waals surface area (Å²) < 4.78 is 36.5. The van der Waals surface area contributed by atoms with E-state index in [1.807, 2.05) is 13.0 Å². The molecule has 4 nitrogen and oxygen atoms in total. The van der Waals surface area contributed by atoms with Crippen molar-refractivity contribution in [3.8, 4) is 0 Å². The number of rotatable bonds is 7. The van der Waals surface area contributed by atoms with Gasteiger partial charge < -0.3 is 10.6 Å². The molecule has 0 saturated heterocycles. The van der Waals surface area contributed by atoms with Gasteiger partial charge in [0.1, 0.15) is 15.7 Å². The number of nitrogens with zero attached hydrogens (tertiary/aromatic N) is 1. The van der Waals surface area contributed by atoms with Gasteiger partial charge in [0, 0.05) is 25.9 Å². The van der Waals surface area contributed by atoms with Crippen LogP contribution in [0, 0.1) is 5.82 Å². The fourth-order valence-corrected chi connectivity index (χ4v) is 2.60. The molecule has 0 aliphatic carbocycles. The van der Waals surface area contributed by atoms with Crippen LogP contribution in [0.4, 0.5) is 10.1 Å². The van der Waals surface area contributed by atoms with E-state index in [1.165, 1.54) is 12.3 Å². The zero-order valence-corrected chi connectivity index (χ0v) is 13.1. The Morgan fingerprint density at radius 2 is 2.05 bits per heavy atom. The van der Waals surface area contributed by atoms with Crippen LogP contribution in [0.15, 0.2) is 18.2 Å². The summed E-state index contributed by atoms with van der Waals surface area (Å²) >= 11 is 0. The Kier molecular flexibility index (Phi) is 5.95. The first-order valence-electron chi connectivity index (χ1n) is 6.66. The van der Waals surface area contributed by atoms with E-state index in [2.05, 4.69) is 0 Å². The van der Waals surface area contributed by atoms with Crippen LogP contribution in [0.3, 0.4) is 0 Å². The third-order valence-electron chi connectivity index (χ3n) is 3.26. The van der Waals surface area contributed by atoms with Crippen molar-refractivity contribution in [2.75, 3.05) is 30.5 Å². The highest BCUT2D eigenvalue weighted by Gasteiger charge is 2.16. The van der Waals surface area contributed by atoms with Crippen molar-refractivity contribution in [1.82, 2.24) is 0 Å². The summed E-state index contributed by atoms with van der Waals surface area (Å²) in [6, 6.07) is 4.85. The van der Waals surface area contributed by atoms with E-state index >= 15 is 0 Å². The fraction of sp³-hybridized carbons (Fsp3) is 0.571. The second-order valence-electron chi connectivity index (χ2n) is 5.17. The van der Waals surface area contributed by atoms with Crippen molar-refractivity contribution in [3.63, 3.8) is 0 Å². The molecule has 0 heterocycles. The zero-order valence-electron chi connectivity index (χ0n) is 12.3. The minimum Gasteiger partial charge on any atom is -0.371 e. The highest BCUT2D eigenvalue weighted by Crippen LogP contribution is 2.25. The molecule has 1 atom stereocenters. The maximum Gasteiger partial charge on any atom is 0.149 e. The molecular formula is C14H23FN2O2S. The van der Waals surface area contributed by atoms with Crippen LogP contribution in [-0.2, 0) is 16.3 Å². The van der Waals surface area contributed by atoms with Gasteiger partial charge in [0.05, 0.1) is 11.4 Å². The third-order valence-corrected chi connectivity index (χ3v) is 4.18. The normalized spacial score (nSPS) is 13.2. The van der Waals surface area contributed by atoms with Gasteiger partial charge in [-0.3, -0.25) is 0 Å². The molecule has 0 aliphatic heterocycles. The highest BCUT2D eigenvalue weighted by atomic mass is 32.2. The van der Waals surface area contributed by atoms with Gasteiger partial charge >= 0.3 is 0 Å². The van der Waals surface area contributed by atoms with Crippen molar-refractivity contribution in [2.24, 2.45) is 5.73 Å². The standard InChI is InChI=1S/C14H23FN2O2S/c1-4-12(16)10-11-6-5-7-13(15)14(11)17(2)8-9-20(3,18)19/h5-7,12H,4,8-10,16H2,1-3H3. The fourth-order valence-electron chi connectivity index (χ4n) is 1.99. The molecular weight excluding hydrogens is 279 g/mol. The summed E-state index contributed by atoms with van der Waals surface area (Å²) in [5.74, 6) is -0.348. The van der Waals surface area contributed by atoms with Gasteiger partial charge in [-0.2, -0.15) is 0 Å². The molecule has 1 unspecified atom stereocenters. The number of benzene rings is 1. The van der Waals surface area contributed by atoms with Crippen molar-refractivity contribution in [1.29, 1.82) is 0 Å². The quantitative estimate of drug-likeness (QED) is 0.831. The van der Waals surface area contributed by atoms with Crippen LogP contribution in [-0.4, -0.2) is 40.1 Å². The molecule has 0 aliphatic rings. The average molecular weight is 302 g/mol. The zero-order chi connectivity index (χ0) is 15.3. The van der Waals surface area contributed by atoms with Gasteiger partial charge in [-0.05, 0) is 24.5 Å². The second kappa shape index (κ2) is 7.04. The SMILES string of the molecule is CCC(N)Cc1cccc(F)c1N(C)CCS(C)(=O)=O. The number of halogens is 1. The Labute approximate surface area is 120 Å². The summed E-state index contributed by atoms with van der Waals surface area (Å²) in [6.45, 7) is 2.24. The van der Waals surface area contributed by atoms with Gasteiger partial charge in [-0.25, -0.2) is 12.8 Å². The Bertz CT molecular complexity index is 546. The second-order valence-corrected chi connectivity index (χ2v) is 7.43. The first kappa shape index (κ1) is 16.9. The van der Waals surface area contributed by atoms with Gasteiger partial charge in [0.25, 0.3) is 0 Å². The lowest BCUT2D eigenvalue weighted by atomic mass is 10.0. The molecule has 0 bridgehead atoms. The molecule has 1 aromatic carbocycles. The minimum absolute atomic E-state index is 0.00287. The molecule has 0 spiro atoms. The smallest absolute Gasteiger partial charge is 0.149 e. The van der Waals surface area contributed by atoms with Crippen LogP contribution < -0.4 is 10.6 Å². The topological polar surface area (TPSA) is 63.4 Å². The molecule has 20 heavy (non-hydrogen) atoms. The maximum absolute atomic E-state index is 14.0. The Hall–Kier alpha value is -1.14. The number of hydrogen-bond donors (Lipinski definition) is 1. The van der Waals surface area contributed by atoms with E-state index in [4.69, 9.17) is 5.73 Å². The first-order chi connectivity index (χ1) is 9.24. The molecule has 6 heteroatoms. The van der Waals surface area contributed by atoms with E-state index in [-0.39, 0.29) is 24.2 Å². The first-order valence-corrected chi connectivity index (χ1v) is 8.72. The van der Waals surface area contributed by atoms with Crippen LogP contribution in [0.2, 0.25) is 0 Å². The van der Waals surface area contributed by atoms with Crippen molar-refractivity contribution < 1.29 is 12.8 Å². The predicted octanol–water partition coefficient (Wildman–Crippen LogP) is 1.59. The van der Waals surface area contributed by atoms with E-state index in [0.29, 0.717) is 12.1 Å². The summed E-state index contributed by atoms with van der Waals surface area (Å²) in [6.07, 6.45) is 2.56. The van der Waals surface area contributed by atoms with Crippen molar-refractivity contribution in [2.45, 2.75) is 25.8 Å². The minimum atomic E-state index is -3.07. The number of para-hydroxylation sites is 1. The van der Waals surface area contributed by atoms with Gasteiger partial charge in [-0.15, -0.1) is 0 Å². The molecule has 1 aromatic rings. The Balaban J connectivity index is 2.96. The molecule has 0 aromatic heterocycles. The van der Waals surface area contributed by atoms with Crippen LogP contribution in [0.25, 0.3) is 0 Å². The summed E-state index contributed by atoms with van der Waals surface area (Å²) in [7, 11) is -1.37. The molecule has 0 fully saturated rings. The monoisotopic (exact) mass is 302 g/mol. The lowest BCUT2D eigenvalue weighted by Gasteiger charge is -2.24. The van der Waals surface area contributed by atoms with E-state index in [0.717, 1.165) is 12.0 Å². The Morgan fingerprint density at radius 3 is 2.60 bits per heavy atom. The highest BCUT2D eigenvalue weighted by molar-refractivity contribution is 7.90. The van der Waals surface area contributed by atoms with Crippen LogP contribution in [0.5, 0.6) is 0 Å². The van der Waals surface area contributed by atoms with Crippen LogP contribution in [0.1, 0.15) is 18.9 Å². The maximum atomic E-state index is 14.0. The van der Waals surface area contributed by atoms with Gasteiger partial charge in [0.15, 0.2) is 0 Å². The molecule has 114 valence electrons. The molecule has 2 N–H and O–H groups in total. The van der Waals surface area contributed by atoms with Gasteiger partial charge in [-0.1, -0.05) is 19.1 Å². The number of anilines is 1. The lowest BCUT2D eigenvalue weighted by molar-refractivity contribution is 0.597. The van der Waals surface area contributed by atoms with Crippen molar-refractivity contribution in [3.05, 3.63) is 29.6 Å². The van der Waals surface area contributed by atoms with E-state index in [1.54, 1.807) is 18.0 Å². The predicted molar refractivity (Wildman–Crippen MR) is 81.4 cm³/mol. The van der Waals surface area contributed by atoms with Crippen LogP contribution >= 0.6 is 0 Å². The number of nitrogens with two attached hydrogens (primary N) is 1. The molecule has 0 amide bonds. The summed E-state index contributed by atoms with van der Waals surface area (Å²) in [5, 5.41) is 0. The average Bonchev–Trinajstić information content (AvgIpc) is 2.35. The summed E-state index contributed by atoms with van der Waals surface area (Å²) in [5.41, 5.74) is 7.19. The molecule has 1 rings (SSSR count). The number of hydrogen-bond acceptors (Lipinski definition) is 4. The van der Waals surface area contributed by atoms with Crippen molar-refractivity contribution >= 4 is 15.5 Å². The molecule has 0 saturated carbocycles. The largest absolute Gasteiger partial charge is 0.371 e. The third kappa shape index (κ3) is 5.09. The summed E-state index contributed by atoms with van der Waals surface area (Å²) in [4.78, 5) is 1.65.